The third kappa shape index (κ3) is 6.31. The molecule has 0 bridgehead atoms. The number of allylic oxidation sites excluding steroid dienone is 1. The first kappa shape index (κ1) is 26.0. The van der Waals surface area contributed by atoms with Gasteiger partial charge in [-0.1, -0.05) is 34.1 Å². The molecule has 2 unspecified atom stereocenters. The monoisotopic (exact) mass is 565 g/mol. The molecule has 0 saturated carbocycles. The Hall–Kier alpha value is -3.58. The summed E-state index contributed by atoms with van der Waals surface area (Å²) in [6, 6.07) is 12.9. The molecule has 1 aliphatic heterocycles. The zero-order valence-corrected chi connectivity index (χ0v) is 20.5. The van der Waals surface area contributed by atoms with Crippen LogP contribution < -0.4 is 10.1 Å². The number of para-hydroxylation sites is 1. The van der Waals surface area contributed by atoms with E-state index in [4.69, 9.17) is 9.47 Å². The van der Waals surface area contributed by atoms with Crippen molar-refractivity contribution in [1.82, 2.24) is 10.2 Å². The number of amides is 2. The summed E-state index contributed by atoms with van der Waals surface area (Å²) in [6.07, 6.45) is 0. The molecule has 3 rings (SSSR count). The molecule has 2 amide bonds. The van der Waals surface area contributed by atoms with Crippen molar-refractivity contribution in [1.29, 1.82) is 0 Å². The Bertz CT molecular complexity index is 1140. The van der Waals surface area contributed by atoms with E-state index in [0.717, 1.165) is 4.90 Å². The van der Waals surface area contributed by atoms with Crippen molar-refractivity contribution < 1.29 is 33.9 Å². The van der Waals surface area contributed by atoms with Gasteiger partial charge in [0.15, 0.2) is 12.3 Å². The smallest absolute Gasteiger partial charge is 0.358 e. The first-order chi connectivity index (χ1) is 16.7. The number of rotatable bonds is 10. The second-order valence-electron chi connectivity index (χ2n) is 7.20. The third-order valence-electron chi connectivity index (χ3n) is 4.85. The summed E-state index contributed by atoms with van der Waals surface area (Å²) in [5.74, 6) is -2.24. The minimum absolute atomic E-state index is 0.121. The van der Waals surface area contributed by atoms with Crippen molar-refractivity contribution in [3.8, 4) is 5.75 Å². The van der Waals surface area contributed by atoms with Crippen LogP contribution in [0.2, 0.25) is 0 Å². The molecule has 0 spiro atoms. The number of hydrogen-bond acceptors (Lipinski definition) is 9. The number of alkyl halides is 1. The van der Waals surface area contributed by atoms with Crippen LogP contribution in [-0.2, 0) is 25.7 Å². The molecule has 1 heterocycles. The van der Waals surface area contributed by atoms with Gasteiger partial charge in [-0.2, -0.15) is 12.6 Å². The Labute approximate surface area is 213 Å². The predicted octanol–water partition coefficient (Wildman–Crippen LogP) is 2.46. The highest BCUT2D eigenvalue weighted by atomic mass is 79.9. The first-order valence-corrected chi connectivity index (χ1v) is 11.7. The Morgan fingerprint density at radius 3 is 2.40 bits per heavy atom. The van der Waals surface area contributed by atoms with Crippen LogP contribution in [0.4, 0.5) is 5.69 Å². The fraction of sp³-hybridized carbons (Fsp3) is 0.227. The number of halogens is 1. The van der Waals surface area contributed by atoms with Gasteiger partial charge in [0.05, 0.1) is 10.3 Å². The molecule has 1 aliphatic rings. The highest BCUT2D eigenvalue weighted by Crippen LogP contribution is 2.30. The van der Waals surface area contributed by atoms with Gasteiger partial charge in [0.25, 0.3) is 17.5 Å². The molecule has 0 aliphatic carbocycles. The second kappa shape index (κ2) is 11.7. The van der Waals surface area contributed by atoms with Gasteiger partial charge in [-0.3, -0.25) is 24.6 Å². The van der Waals surface area contributed by atoms with Gasteiger partial charge in [0.1, 0.15) is 29.5 Å². The number of benzene rings is 2. The number of likely N-dealkylation sites (tertiary alicyclic amines) is 1. The molecule has 0 radical (unpaired) electrons. The zero-order valence-electron chi connectivity index (χ0n) is 18.0. The van der Waals surface area contributed by atoms with Gasteiger partial charge in [0.2, 0.25) is 0 Å². The number of nitrogens with zero attached hydrogens (tertiary/aromatic N) is 2. The van der Waals surface area contributed by atoms with Gasteiger partial charge < -0.3 is 19.9 Å². The van der Waals surface area contributed by atoms with Crippen LogP contribution in [0, 0.1) is 10.1 Å². The number of aliphatic hydroxyl groups is 1. The van der Waals surface area contributed by atoms with Crippen LogP contribution in [-0.4, -0.2) is 56.1 Å². The minimum atomic E-state index is -1.05. The van der Waals surface area contributed by atoms with Crippen LogP contribution in [0.25, 0.3) is 0 Å². The fourth-order valence-electron chi connectivity index (χ4n) is 3.08. The van der Waals surface area contributed by atoms with E-state index in [2.05, 4.69) is 33.9 Å². The van der Waals surface area contributed by atoms with Crippen LogP contribution >= 0.6 is 28.6 Å². The number of carbonyl (C=O) groups excluding carboxylic acids is 3. The van der Waals surface area contributed by atoms with E-state index in [9.17, 15) is 29.6 Å². The summed E-state index contributed by atoms with van der Waals surface area (Å²) < 4.78 is 10.5. The molecular weight excluding hydrogens is 546 g/mol. The average Bonchev–Trinajstić information content (AvgIpc) is 2.87. The topological polar surface area (TPSA) is 148 Å². The normalized spacial score (nSPS) is 17.7. The summed E-state index contributed by atoms with van der Waals surface area (Å²) in [5, 5.41) is 22.4. The summed E-state index contributed by atoms with van der Waals surface area (Å²) in [6.45, 7) is -0.590. The van der Waals surface area contributed by atoms with Gasteiger partial charge in [-0.05, 0) is 29.8 Å². The SMILES string of the molecule is O=C(COc1ccccc1)NC1C(=O)N(C(C(=O)OCc2ccc([N+](=O)[O-])cc2)=C(O)CBr)C1S. The number of carbonyl (C=O) groups is 3. The molecule has 2 atom stereocenters. The van der Waals surface area contributed by atoms with E-state index in [-0.39, 0.29) is 24.2 Å². The maximum atomic E-state index is 12.7. The summed E-state index contributed by atoms with van der Waals surface area (Å²) >= 11 is 7.33. The van der Waals surface area contributed by atoms with Crippen molar-refractivity contribution in [2.45, 2.75) is 18.0 Å². The van der Waals surface area contributed by atoms with Gasteiger partial charge in [0, 0.05) is 12.1 Å². The van der Waals surface area contributed by atoms with Crippen molar-refractivity contribution in [3.63, 3.8) is 0 Å². The lowest BCUT2D eigenvalue weighted by Crippen LogP contribution is -2.69. The summed E-state index contributed by atoms with van der Waals surface area (Å²) in [4.78, 5) is 48.7. The number of β-lactam (4-membered cyclic amide) rings is 1. The lowest BCUT2D eigenvalue weighted by molar-refractivity contribution is -0.384. The Kier molecular flexibility index (Phi) is 8.71. The van der Waals surface area contributed by atoms with Crippen LogP contribution in [0.15, 0.2) is 66.1 Å². The number of nitro groups is 1. The van der Waals surface area contributed by atoms with Crippen molar-refractivity contribution >= 4 is 52.0 Å². The number of hydrogen-bond donors (Lipinski definition) is 3. The van der Waals surface area contributed by atoms with Gasteiger partial charge in [-0.25, -0.2) is 4.79 Å². The minimum Gasteiger partial charge on any atom is -0.509 e. The van der Waals surface area contributed by atoms with Crippen molar-refractivity contribution in [2.75, 3.05) is 11.9 Å². The molecule has 11 nitrogen and oxygen atoms in total. The molecule has 13 heteroatoms. The molecule has 2 N–H and O–H groups in total. The van der Waals surface area contributed by atoms with E-state index in [1.807, 2.05) is 0 Å². The number of nitrogens with one attached hydrogen (secondary N) is 1. The highest BCUT2D eigenvalue weighted by molar-refractivity contribution is 9.09. The number of aliphatic hydroxyl groups excluding tert-OH is 1. The Morgan fingerprint density at radius 1 is 1.17 bits per heavy atom. The molecule has 2 aromatic rings. The predicted molar refractivity (Wildman–Crippen MR) is 130 cm³/mol. The van der Waals surface area contributed by atoms with E-state index < -0.39 is 45.6 Å². The number of esters is 1. The molecule has 35 heavy (non-hydrogen) atoms. The molecule has 184 valence electrons. The third-order valence-corrected chi connectivity index (χ3v) is 5.91. The van der Waals surface area contributed by atoms with Crippen molar-refractivity contribution in [2.24, 2.45) is 0 Å². The number of ether oxygens (including phenoxy) is 2. The quantitative estimate of drug-likeness (QED) is 0.0581. The van der Waals surface area contributed by atoms with Crippen LogP contribution in [0.1, 0.15) is 5.56 Å². The average molecular weight is 566 g/mol. The summed E-state index contributed by atoms with van der Waals surface area (Å²) in [5.41, 5.74) is -0.0914. The molecular formula is C22H20BrN3O8S. The second-order valence-corrected chi connectivity index (χ2v) is 8.29. The number of non-ortho nitro benzene ring substituents is 1. The maximum Gasteiger partial charge on any atom is 0.358 e. The summed E-state index contributed by atoms with van der Waals surface area (Å²) in [7, 11) is 0. The van der Waals surface area contributed by atoms with Gasteiger partial charge >= 0.3 is 5.97 Å². The standard InChI is InChI=1S/C22H20BrN3O8S/c23-10-16(27)19(22(30)34-11-13-6-8-14(9-7-13)26(31)32)25-20(29)18(21(25)35)24-17(28)12-33-15-4-2-1-3-5-15/h1-9,18,21,27,35H,10-12H2,(H,24,28). The van der Waals surface area contributed by atoms with Gasteiger partial charge in [-0.15, -0.1) is 0 Å². The van der Waals surface area contributed by atoms with Crippen LogP contribution in [0.5, 0.6) is 5.75 Å². The van der Waals surface area contributed by atoms with Crippen molar-refractivity contribution in [3.05, 3.63) is 81.7 Å². The molecule has 2 aromatic carbocycles. The van der Waals surface area contributed by atoms with E-state index in [0.29, 0.717) is 11.3 Å². The maximum absolute atomic E-state index is 12.7. The number of nitro benzene ring substituents is 1. The Balaban J connectivity index is 1.60. The zero-order chi connectivity index (χ0) is 25.5. The van der Waals surface area contributed by atoms with E-state index >= 15 is 0 Å². The lowest BCUT2D eigenvalue weighted by Gasteiger charge is -2.44. The van der Waals surface area contributed by atoms with E-state index in [1.165, 1.54) is 24.3 Å². The van der Waals surface area contributed by atoms with E-state index in [1.54, 1.807) is 30.3 Å². The molecule has 1 fully saturated rings. The largest absolute Gasteiger partial charge is 0.509 e. The Morgan fingerprint density at radius 2 is 1.83 bits per heavy atom. The number of thiol groups is 1. The highest BCUT2D eigenvalue weighted by Gasteiger charge is 2.50. The molecule has 0 aromatic heterocycles. The molecule has 1 saturated heterocycles. The fourth-order valence-corrected chi connectivity index (χ4v) is 3.78. The van der Waals surface area contributed by atoms with Crippen LogP contribution in [0.3, 0.4) is 0 Å². The lowest BCUT2D eigenvalue weighted by atomic mass is 10.1. The first-order valence-electron chi connectivity index (χ1n) is 10.1.